The molecular formula is C2H3HfNaO3+4. The molecule has 0 unspecified atom stereocenters. The standard InChI is InChI=1S/C2H4O3.Hf.Na/c3-1-2(4)5;;/h3H,1H2,(H,4,5);;/q;+4;+1/p-1. The molecule has 0 aromatic heterocycles. The van der Waals surface area contributed by atoms with Crippen molar-refractivity contribution in [2.24, 2.45) is 0 Å². The fourth-order valence-electron chi connectivity index (χ4n) is 0. The summed E-state index contributed by atoms with van der Waals surface area (Å²) in [5.41, 5.74) is 0. The van der Waals surface area contributed by atoms with Crippen molar-refractivity contribution >= 4 is 5.97 Å². The summed E-state index contributed by atoms with van der Waals surface area (Å²) < 4.78 is 0. The maximum atomic E-state index is 9.01. The van der Waals surface area contributed by atoms with Crippen LogP contribution in [0, 0.1) is 0 Å². The molecule has 0 bridgehead atoms. The molecule has 0 aliphatic rings. The predicted octanol–water partition coefficient (Wildman–Crippen LogP) is -5.27. The second-order valence-corrected chi connectivity index (χ2v) is 0.530. The Morgan fingerprint density at radius 2 is 1.86 bits per heavy atom. The van der Waals surface area contributed by atoms with Crippen LogP contribution < -0.4 is 34.7 Å². The van der Waals surface area contributed by atoms with Gasteiger partial charge in [-0.2, -0.15) is 0 Å². The van der Waals surface area contributed by atoms with Gasteiger partial charge in [-0.25, -0.2) is 0 Å². The van der Waals surface area contributed by atoms with E-state index in [-0.39, 0.29) is 55.4 Å². The van der Waals surface area contributed by atoms with Crippen LogP contribution in [0.5, 0.6) is 0 Å². The Bertz CT molecular complexity index is 48.2. The van der Waals surface area contributed by atoms with Gasteiger partial charge in [0.25, 0.3) is 0 Å². The summed E-state index contributed by atoms with van der Waals surface area (Å²) in [4.78, 5) is 9.01. The molecule has 0 aliphatic carbocycles. The molecule has 7 heavy (non-hydrogen) atoms. The minimum Gasteiger partial charge on any atom is -0.548 e. The molecular weight excluding hydrogens is 273 g/mol. The van der Waals surface area contributed by atoms with Gasteiger partial charge in [0.15, 0.2) is 0 Å². The van der Waals surface area contributed by atoms with Gasteiger partial charge in [0.2, 0.25) is 0 Å². The maximum absolute atomic E-state index is 9.01. The molecule has 0 atom stereocenters. The summed E-state index contributed by atoms with van der Waals surface area (Å²) in [6.45, 7) is -0.889. The van der Waals surface area contributed by atoms with Crippen LogP contribution in [-0.4, -0.2) is 17.7 Å². The summed E-state index contributed by atoms with van der Waals surface area (Å²) >= 11 is 0. The molecule has 0 spiro atoms. The van der Waals surface area contributed by atoms with Gasteiger partial charge in [0.05, 0.1) is 12.6 Å². The zero-order valence-corrected chi connectivity index (χ0v) is 9.56. The Morgan fingerprint density at radius 1 is 1.71 bits per heavy atom. The first kappa shape index (κ1) is 15.7. The summed E-state index contributed by atoms with van der Waals surface area (Å²) in [6.07, 6.45) is 0. The fraction of sp³-hybridized carbons (Fsp3) is 0.500. The van der Waals surface area contributed by atoms with E-state index in [1.165, 1.54) is 0 Å². The summed E-state index contributed by atoms with van der Waals surface area (Å²) in [5, 5.41) is 16.5. The zero-order chi connectivity index (χ0) is 4.28. The van der Waals surface area contributed by atoms with Gasteiger partial charge in [0.1, 0.15) is 0 Å². The first-order chi connectivity index (χ1) is 2.27. The van der Waals surface area contributed by atoms with Crippen LogP contribution in [0.4, 0.5) is 0 Å². The molecule has 0 saturated heterocycles. The molecule has 0 aromatic rings. The molecule has 1 N–H and O–H groups in total. The van der Waals surface area contributed by atoms with Crippen LogP contribution in [-0.2, 0) is 30.6 Å². The molecule has 0 heterocycles. The number of carbonyl (C=O) groups is 1. The predicted molar refractivity (Wildman–Crippen MR) is 12.1 cm³/mol. The number of hydrogen-bond acceptors (Lipinski definition) is 3. The van der Waals surface area contributed by atoms with Gasteiger partial charge in [-0.05, 0) is 0 Å². The summed E-state index contributed by atoms with van der Waals surface area (Å²) in [6, 6.07) is 0. The van der Waals surface area contributed by atoms with Gasteiger partial charge < -0.3 is 15.0 Å². The van der Waals surface area contributed by atoms with Crippen molar-refractivity contribution in [3.05, 3.63) is 0 Å². The van der Waals surface area contributed by atoms with Gasteiger partial charge >= 0.3 is 55.4 Å². The average molecular weight is 277 g/mol. The van der Waals surface area contributed by atoms with Crippen molar-refractivity contribution in [1.82, 2.24) is 0 Å². The number of carboxylic acids is 1. The van der Waals surface area contributed by atoms with Crippen molar-refractivity contribution in [3.63, 3.8) is 0 Å². The number of aliphatic carboxylic acids is 1. The molecule has 0 fully saturated rings. The van der Waals surface area contributed by atoms with E-state index < -0.39 is 12.6 Å². The number of hydrogen-bond donors (Lipinski definition) is 1. The zero-order valence-electron chi connectivity index (χ0n) is 3.97. The second-order valence-electron chi connectivity index (χ2n) is 0.530. The molecule has 0 aromatic carbocycles. The van der Waals surface area contributed by atoms with Gasteiger partial charge in [-0.3, -0.25) is 0 Å². The van der Waals surface area contributed by atoms with E-state index in [9.17, 15) is 0 Å². The third kappa shape index (κ3) is 18.8. The Balaban J connectivity index is -0.0000000800. The minimum atomic E-state index is -1.44. The number of aliphatic hydroxyl groups is 1. The normalized spacial score (nSPS) is 5.29. The summed E-state index contributed by atoms with van der Waals surface area (Å²) in [5.74, 6) is -1.44. The van der Waals surface area contributed by atoms with E-state index in [0.717, 1.165) is 0 Å². The fourth-order valence-corrected chi connectivity index (χ4v) is 0. The Kier molecular flexibility index (Phi) is 23.2. The van der Waals surface area contributed by atoms with Crippen molar-refractivity contribution in [1.29, 1.82) is 0 Å². The quantitative estimate of drug-likeness (QED) is 0.487. The van der Waals surface area contributed by atoms with Crippen molar-refractivity contribution in [2.75, 3.05) is 6.61 Å². The maximum Gasteiger partial charge on any atom is 4.00 e. The van der Waals surface area contributed by atoms with Gasteiger partial charge in [-0.1, -0.05) is 0 Å². The summed E-state index contributed by atoms with van der Waals surface area (Å²) in [7, 11) is 0. The van der Waals surface area contributed by atoms with Crippen LogP contribution in [0.2, 0.25) is 0 Å². The van der Waals surface area contributed by atoms with E-state index in [4.69, 9.17) is 15.0 Å². The topological polar surface area (TPSA) is 60.4 Å². The van der Waals surface area contributed by atoms with Crippen LogP contribution in [0.25, 0.3) is 0 Å². The molecule has 30 valence electrons. The van der Waals surface area contributed by atoms with Crippen molar-refractivity contribution in [2.45, 2.75) is 0 Å². The van der Waals surface area contributed by atoms with Crippen LogP contribution in [0.15, 0.2) is 0 Å². The molecule has 0 saturated carbocycles. The van der Waals surface area contributed by atoms with E-state index in [1.54, 1.807) is 0 Å². The first-order valence-corrected chi connectivity index (χ1v) is 1.08. The van der Waals surface area contributed by atoms with Crippen molar-refractivity contribution < 1.29 is 70.4 Å². The van der Waals surface area contributed by atoms with Gasteiger partial charge in [-0.15, -0.1) is 0 Å². The Morgan fingerprint density at radius 3 is 1.86 bits per heavy atom. The Hall–Kier alpha value is 1.30. The molecule has 0 radical (unpaired) electrons. The number of carboxylic acid groups (broad SMARTS) is 1. The third-order valence-corrected chi connectivity index (χ3v) is 0.129. The minimum absolute atomic E-state index is 0. The monoisotopic (exact) mass is 278 g/mol. The van der Waals surface area contributed by atoms with Crippen LogP contribution in [0.1, 0.15) is 0 Å². The number of carbonyl (C=O) groups excluding carboxylic acids is 1. The largest absolute Gasteiger partial charge is 4.00 e. The van der Waals surface area contributed by atoms with Gasteiger partial charge in [0, 0.05) is 0 Å². The van der Waals surface area contributed by atoms with Crippen LogP contribution in [0.3, 0.4) is 0 Å². The average Bonchev–Trinajstić information content (AvgIpc) is 1.38. The smallest absolute Gasteiger partial charge is 0.548 e. The van der Waals surface area contributed by atoms with E-state index >= 15 is 0 Å². The molecule has 0 rings (SSSR count). The van der Waals surface area contributed by atoms with E-state index in [1.807, 2.05) is 0 Å². The number of aliphatic hydroxyl groups excluding tert-OH is 1. The first-order valence-electron chi connectivity index (χ1n) is 1.08. The molecule has 0 amide bonds. The third-order valence-electron chi connectivity index (χ3n) is 0.129. The molecule has 5 heteroatoms. The Labute approximate surface area is 82.2 Å². The van der Waals surface area contributed by atoms with E-state index in [0.29, 0.717) is 0 Å². The van der Waals surface area contributed by atoms with Crippen LogP contribution >= 0.6 is 0 Å². The van der Waals surface area contributed by atoms with Crippen molar-refractivity contribution in [3.8, 4) is 0 Å². The number of rotatable bonds is 1. The second kappa shape index (κ2) is 10.3. The van der Waals surface area contributed by atoms with E-state index in [2.05, 4.69) is 0 Å². The molecule has 0 aliphatic heterocycles. The molecule has 3 nitrogen and oxygen atoms in total. The SMILES string of the molecule is O=C([O-])CO.[Hf+4].[Na+].